The van der Waals surface area contributed by atoms with Crippen molar-refractivity contribution in [1.82, 2.24) is 0 Å². The first-order chi connectivity index (χ1) is 12.7. The standard InChI is InChI=1S/C22H24O4/c1-3-25-21(23)19-17(15-11-7-5-8-12-15)20(22(24)26-4-2)18(19)16-13-9-6-10-14-16/h5-14,17-20H,3-4H2,1-2H3/t17-,18?,19-,20-/m1/s1. The van der Waals surface area contributed by atoms with Crippen LogP contribution < -0.4 is 0 Å². The van der Waals surface area contributed by atoms with E-state index in [4.69, 9.17) is 9.47 Å². The highest BCUT2D eigenvalue weighted by atomic mass is 16.5. The fourth-order valence-electron chi connectivity index (χ4n) is 3.99. The van der Waals surface area contributed by atoms with Crippen LogP contribution in [0.5, 0.6) is 0 Å². The largest absolute Gasteiger partial charge is 0.466 e. The third kappa shape index (κ3) is 3.36. The third-order valence-corrected chi connectivity index (χ3v) is 5.03. The topological polar surface area (TPSA) is 52.6 Å². The van der Waals surface area contributed by atoms with E-state index in [2.05, 4.69) is 0 Å². The maximum Gasteiger partial charge on any atom is 0.310 e. The Morgan fingerprint density at radius 3 is 1.35 bits per heavy atom. The van der Waals surface area contributed by atoms with Crippen LogP contribution in [0.4, 0.5) is 0 Å². The monoisotopic (exact) mass is 352 g/mol. The fourth-order valence-corrected chi connectivity index (χ4v) is 3.99. The van der Waals surface area contributed by atoms with Gasteiger partial charge in [0.2, 0.25) is 0 Å². The van der Waals surface area contributed by atoms with Gasteiger partial charge in [-0.1, -0.05) is 60.7 Å². The molecule has 0 amide bonds. The number of benzene rings is 2. The first-order valence-corrected chi connectivity index (χ1v) is 9.12. The molecule has 4 heteroatoms. The molecule has 0 N–H and O–H groups in total. The molecule has 0 radical (unpaired) electrons. The summed E-state index contributed by atoms with van der Waals surface area (Å²) in [5, 5.41) is 0. The third-order valence-electron chi connectivity index (χ3n) is 5.03. The molecule has 0 spiro atoms. The van der Waals surface area contributed by atoms with Crippen molar-refractivity contribution in [3.63, 3.8) is 0 Å². The molecule has 0 unspecified atom stereocenters. The van der Waals surface area contributed by atoms with Gasteiger partial charge in [-0.05, 0) is 25.0 Å². The molecule has 1 aliphatic carbocycles. The normalized spacial score (nSPS) is 24.4. The van der Waals surface area contributed by atoms with Gasteiger partial charge in [0, 0.05) is 11.8 Å². The summed E-state index contributed by atoms with van der Waals surface area (Å²) < 4.78 is 10.7. The van der Waals surface area contributed by atoms with Crippen LogP contribution in [0.3, 0.4) is 0 Å². The molecule has 0 aromatic heterocycles. The molecule has 0 aliphatic heterocycles. The van der Waals surface area contributed by atoms with Crippen molar-refractivity contribution in [3.05, 3.63) is 71.8 Å². The van der Waals surface area contributed by atoms with Gasteiger partial charge in [0.25, 0.3) is 0 Å². The van der Waals surface area contributed by atoms with E-state index in [1.165, 1.54) is 0 Å². The lowest BCUT2D eigenvalue weighted by Gasteiger charge is -2.49. The number of ether oxygens (including phenoxy) is 2. The van der Waals surface area contributed by atoms with E-state index >= 15 is 0 Å². The summed E-state index contributed by atoms with van der Waals surface area (Å²) in [6, 6.07) is 19.4. The molecular formula is C22H24O4. The Bertz CT molecular complexity index is 668. The van der Waals surface area contributed by atoms with Gasteiger partial charge in [-0.25, -0.2) is 0 Å². The average Bonchev–Trinajstić information content (AvgIpc) is 2.63. The van der Waals surface area contributed by atoms with Crippen molar-refractivity contribution in [2.75, 3.05) is 13.2 Å². The van der Waals surface area contributed by atoms with Crippen LogP contribution >= 0.6 is 0 Å². The summed E-state index contributed by atoms with van der Waals surface area (Å²) >= 11 is 0. The van der Waals surface area contributed by atoms with E-state index in [1.54, 1.807) is 13.8 Å². The molecule has 136 valence electrons. The SMILES string of the molecule is CCOC(=O)[C@H]1C(c2ccccc2)[C@H](C(=O)OCC)[C@@H]1c1ccccc1. The van der Waals surface area contributed by atoms with Gasteiger partial charge < -0.3 is 9.47 Å². The van der Waals surface area contributed by atoms with Gasteiger partial charge in [-0.15, -0.1) is 0 Å². The minimum Gasteiger partial charge on any atom is -0.466 e. The Hall–Kier alpha value is -2.62. The number of hydrogen-bond donors (Lipinski definition) is 0. The maximum atomic E-state index is 12.7. The molecule has 1 aliphatic rings. The fraction of sp³-hybridized carbons (Fsp3) is 0.364. The molecule has 26 heavy (non-hydrogen) atoms. The summed E-state index contributed by atoms with van der Waals surface area (Å²) in [6.45, 7) is 4.24. The van der Waals surface area contributed by atoms with Gasteiger partial charge >= 0.3 is 11.9 Å². The number of hydrogen-bond acceptors (Lipinski definition) is 4. The predicted octanol–water partition coefficient (Wildman–Crippen LogP) is 3.93. The lowest BCUT2D eigenvalue weighted by molar-refractivity contribution is -0.166. The van der Waals surface area contributed by atoms with Crippen molar-refractivity contribution < 1.29 is 19.1 Å². The Labute approximate surface area is 154 Å². The van der Waals surface area contributed by atoms with Crippen molar-refractivity contribution >= 4 is 11.9 Å². The van der Waals surface area contributed by atoms with E-state index in [0.29, 0.717) is 13.2 Å². The van der Waals surface area contributed by atoms with E-state index in [0.717, 1.165) is 11.1 Å². The van der Waals surface area contributed by atoms with E-state index in [1.807, 2.05) is 60.7 Å². The molecular weight excluding hydrogens is 328 g/mol. The predicted molar refractivity (Wildman–Crippen MR) is 98.6 cm³/mol. The van der Waals surface area contributed by atoms with Crippen molar-refractivity contribution in [3.8, 4) is 0 Å². The summed E-state index contributed by atoms with van der Waals surface area (Å²) in [7, 11) is 0. The average molecular weight is 352 g/mol. The van der Waals surface area contributed by atoms with Crippen LogP contribution in [0.2, 0.25) is 0 Å². The molecule has 2 aromatic carbocycles. The van der Waals surface area contributed by atoms with Crippen LogP contribution in [0.25, 0.3) is 0 Å². The Balaban J connectivity index is 2.03. The molecule has 1 saturated carbocycles. The molecule has 4 nitrogen and oxygen atoms in total. The second kappa shape index (κ2) is 8.17. The van der Waals surface area contributed by atoms with Crippen LogP contribution in [-0.2, 0) is 19.1 Å². The van der Waals surface area contributed by atoms with Crippen molar-refractivity contribution in [1.29, 1.82) is 0 Å². The first kappa shape index (κ1) is 18.2. The zero-order chi connectivity index (χ0) is 18.5. The second-order valence-corrected chi connectivity index (χ2v) is 6.43. The Morgan fingerprint density at radius 1 is 0.692 bits per heavy atom. The van der Waals surface area contributed by atoms with E-state index in [9.17, 15) is 9.59 Å². The summed E-state index contributed by atoms with van der Waals surface area (Å²) in [5.74, 6) is -1.77. The number of rotatable bonds is 6. The maximum absolute atomic E-state index is 12.7. The van der Waals surface area contributed by atoms with Crippen LogP contribution in [0, 0.1) is 11.8 Å². The highest BCUT2D eigenvalue weighted by Gasteiger charge is 2.59. The Kier molecular flexibility index (Phi) is 5.71. The zero-order valence-electron chi connectivity index (χ0n) is 15.1. The van der Waals surface area contributed by atoms with Gasteiger partial charge in [0.15, 0.2) is 0 Å². The minimum absolute atomic E-state index is 0.237. The van der Waals surface area contributed by atoms with Crippen molar-refractivity contribution in [2.45, 2.75) is 25.7 Å². The lowest BCUT2D eigenvalue weighted by atomic mass is 9.52. The molecule has 0 atom stereocenters. The van der Waals surface area contributed by atoms with E-state index in [-0.39, 0.29) is 23.8 Å². The second-order valence-electron chi connectivity index (χ2n) is 6.43. The highest BCUT2D eigenvalue weighted by molar-refractivity contribution is 5.85. The molecule has 1 fully saturated rings. The molecule has 3 rings (SSSR count). The lowest BCUT2D eigenvalue weighted by Crippen LogP contribution is -2.52. The van der Waals surface area contributed by atoms with Crippen LogP contribution in [0.1, 0.15) is 36.8 Å². The van der Waals surface area contributed by atoms with Crippen LogP contribution in [-0.4, -0.2) is 25.2 Å². The summed E-state index contributed by atoms with van der Waals surface area (Å²) in [6.07, 6.45) is 0. The quantitative estimate of drug-likeness (QED) is 0.739. The number of esters is 2. The smallest absolute Gasteiger partial charge is 0.310 e. The number of carbonyl (C=O) groups excluding carboxylic acids is 2. The van der Waals surface area contributed by atoms with Gasteiger partial charge in [-0.2, -0.15) is 0 Å². The van der Waals surface area contributed by atoms with E-state index < -0.39 is 11.8 Å². The summed E-state index contributed by atoms with van der Waals surface area (Å²) in [4.78, 5) is 25.5. The van der Waals surface area contributed by atoms with Crippen LogP contribution in [0.15, 0.2) is 60.7 Å². The van der Waals surface area contributed by atoms with Crippen molar-refractivity contribution in [2.24, 2.45) is 11.8 Å². The molecule has 0 bridgehead atoms. The molecule has 2 aromatic rings. The first-order valence-electron chi connectivity index (χ1n) is 9.12. The summed E-state index contributed by atoms with van der Waals surface area (Å²) in [5.41, 5.74) is 1.94. The molecule has 0 saturated heterocycles. The van der Waals surface area contributed by atoms with Gasteiger partial charge in [0.05, 0.1) is 25.0 Å². The zero-order valence-corrected chi connectivity index (χ0v) is 15.1. The number of carbonyl (C=O) groups is 2. The molecule has 0 heterocycles. The van der Waals surface area contributed by atoms with Gasteiger partial charge in [-0.3, -0.25) is 9.59 Å². The highest BCUT2D eigenvalue weighted by Crippen LogP contribution is 2.58. The minimum atomic E-state index is -0.394. The Morgan fingerprint density at radius 2 is 1.04 bits per heavy atom. The van der Waals surface area contributed by atoms with Gasteiger partial charge in [0.1, 0.15) is 0 Å².